The fourth-order valence-corrected chi connectivity index (χ4v) is 1.88. The van der Waals surface area contributed by atoms with E-state index >= 15 is 0 Å². The van der Waals surface area contributed by atoms with Crippen LogP contribution in [0.5, 0.6) is 0 Å². The van der Waals surface area contributed by atoms with Crippen LogP contribution in [0, 0.1) is 0 Å². The fraction of sp³-hybridized carbons (Fsp3) is 0.400. The molecular formula is C15H21N5. The standard InChI is InChI=1S/C15H21N5/c1-3-16-10-14-11-18-12-15(19-14)20(2)9-6-13-4-7-17-8-5-13/h4-5,7-8,11-12,16H,3,6,9-10H2,1-2H3. The van der Waals surface area contributed by atoms with Gasteiger partial charge in [0, 0.05) is 38.7 Å². The second-order valence-electron chi connectivity index (χ2n) is 4.68. The van der Waals surface area contributed by atoms with Gasteiger partial charge in [-0.2, -0.15) is 0 Å². The lowest BCUT2D eigenvalue weighted by molar-refractivity contribution is 0.704. The van der Waals surface area contributed by atoms with Gasteiger partial charge in [-0.05, 0) is 30.7 Å². The number of nitrogens with one attached hydrogen (secondary N) is 1. The summed E-state index contributed by atoms with van der Waals surface area (Å²) in [6, 6.07) is 4.09. The Morgan fingerprint density at radius 1 is 1.15 bits per heavy atom. The van der Waals surface area contributed by atoms with Gasteiger partial charge >= 0.3 is 0 Å². The van der Waals surface area contributed by atoms with Crippen molar-refractivity contribution in [2.24, 2.45) is 0 Å². The molecule has 106 valence electrons. The van der Waals surface area contributed by atoms with Crippen molar-refractivity contribution >= 4 is 5.82 Å². The lowest BCUT2D eigenvalue weighted by Crippen LogP contribution is -2.22. The average Bonchev–Trinajstić information content (AvgIpc) is 2.52. The van der Waals surface area contributed by atoms with Crippen molar-refractivity contribution in [1.29, 1.82) is 0 Å². The first-order chi connectivity index (χ1) is 9.79. The van der Waals surface area contributed by atoms with Crippen molar-refractivity contribution in [2.45, 2.75) is 19.9 Å². The maximum absolute atomic E-state index is 4.61. The molecule has 0 fully saturated rings. The predicted molar refractivity (Wildman–Crippen MR) is 80.6 cm³/mol. The molecule has 0 spiro atoms. The van der Waals surface area contributed by atoms with E-state index in [1.807, 2.05) is 44.0 Å². The number of rotatable bonds is 7. The van der Waals surface area contributed by atoms with Crippen molar-refractivity contribution in [2.75, 3.05) is 25.0 Å². The molecule has 5 nitrogen and oxygen atoms in total. The SMILES string of the molecule is CCNCc1cncc(N(C)CCc2ccncc2)n1. The molecule has 0 radical (unpaired) electrons. The summed E-state index contributed by atoms with van der Waals surface area (Å²) in [6.07, 6.45) is 8.24. The van der Waals surface area contributed by atoms with E-state index in [0.29, 0.717) is 0 Å². The zero-order chi connectivity index (χ0) is 14.2. The minimum absolute atomic E-state index is 0.759. The number of hydrogen-bond acceptors (Lipinski definition) is 5. The van der Waals surface area contributed by atoms with E-state index < -0.39 is 0 Å². The van der Waals surface area contributed by atoms with Gasteiger partial charge in [-0.3, -0.25) is 9.97 Å². The lowest BCUT2D eigenvalue weighted by Gasteiger charge is -2.18. The van der Waals surface area contributed by atoms with Gasteiger partial charge in [0.1, 0.15) is 5.82 Å². The Labute approximate surface area is 120 Å². The summed E-state index contributed by atoms with van der Waals surface area (Å²) in [5.41, 5.74) is 2.25. The predicted octanol–water partition coefficient (Wildman–Crippen LogP) is 1.66. The van der Waals surface area contributed by atoms with E-state index in [9.17, 15) is 0 Å². The van der Waals surface area contributed by atoms with E-state index in [-0.39, 0.29) is 0 Å². The molecule has 2 rings (SSSR count). The molecule has 0 aliphatic rings. The van der Waals surface area contributed by atoms with E-state index in [1.54, 1.807) is 0 Å². The molecule has 0 aliphatic heterocycles. The Morgan fingerprint density at radius 3 is 2.70 bits per heavy atom. The molecule has 2 heterocycles. The molecule has 0 amide bonds. The smallest absolute Gasteiger partial charge is 0.147 e. The zero-order valence-corrected chi connectivity index (χ0v) is 12.1. The molecule has 5 heteroatoms. The summed E-state index contributed by atoms with van der Waals surface area (Å²) < 4.78 is 0. The van der Waals surface area contributed by atoms with Crippen molar-refractivity contribution < 1.29 is 0 Å². The van der Waals surface area contributed by atoms with Gasteiger partial charge in [-0.1, -0.05) is 6.92 Å². The molecule has 2 aromatic heterocycles. The number of nitrogens with zero attached hydrogens (tertiary/aromatic N) is 4. The Hall–Kier alpha value is -2.01. The Morgan fingerprint density at radius 2 is 1.95 bits per heavy atom. The molecule has 2 aromatic rings. The second kappa shape index (κ2) is 7.55. The highest BCUT2D eigenvalue weighted by molar-refractivity contribution is 5.35. The van der Waals surface area contributed by atoms with E-state index in [4.69, 9.17) is 0 Å². The highest BCUT2D eigenvalue weighted by atomic mass is 15.2. The Balaban J connectivity index is 1.93. The molecule has 0 aromatic carbocycles. The van der Waals surface area contributed by atoms with Crippen LogP contribution in [-0.2, 0) is 13.0 Å². The van der Waals surface area contributed by atoms with E-state index in [2.05, 4.69) is 32.1 Å². The van der Waals surface area contributed by atoms with Gasteiger partial charge in [0.15, 0.2) is 0 Å². The minimum Gasteiger partial charge on any atom is -0.358 e. The number of likely N-dealkylation sites (N-methyl/N-ethyl adjacent to an activating group) is 1. The van der Waals surface area contributed by atoms with Gasteiger partial charge in [0.25, 0.3) is 0 Å². The van der Waals surface area contributed by atoms with Crippen LogP contribution in [0.25, 0.3) is 0 Å². The molecule has 0 bridgehead atoms. The van der Waals surface area contributed by atoms with Gasteiger partial charge in [0.05, 0.1) is 11.9 Å². The van der Waals surface area contributed by atoms with E-state index in [0.717, 1.165) is 37.6 Å². The Kier molecular flexibility index (Phi) is 5.43. The van der Waals surface area contributed by atoms with Gasteiger partial charge in [0.2, 0.25) is 0 Å². The third-order valence-corrected chi connectivity index (χ3v) is 3.10. The molecule has 0 atom stereocenters. The molecular weight excluding hydrogens is 250 g/mol. The molecule has 1 N–H and O–H groups in total. The molecule has 20 heavy (non-hydrogen) atoms. The van der Waals surface area contributed by atoms with Crippen LogP contribution in [0.15, 0.2) is 36.9 Å². The van der Waals surface area contributed by atoms with Crippen LogP contribution in [0.4, 0.5) is 5.82 Å². The van der Waals surface area contributed by atoms with Crippen molar-refractivity contribution in [3.63, 3.8) is 0 Å². The summed E-state index contributed by atoms with van der Waals surface area (Å²) in [5, 5.41) is 3.26. The second-order valence-corrected chi connectivity index (χ2v) is 4.68. The molecule has 0 aliphatic carbocycles. The highest BCUT2D eigenvalue weighted by Gasteiger charge is 2.04. The maximum atomic E-state index is 4.61. The number of pyridine rings is 1. The molecule has 0 unspecified atom stereocenters. The van der Waals surface area contributed by atoms with Gasteiger partial charge in [-0.25, -0.2) is 4.98 Å². The van der Waals surface area contributed by atoms with Crippen LogP contribution < -0.4 is 10.2 Å². The summed E-state index contributed by atoms with van der Waals surface area (Å²) in [7, 11) is 2.04. The minimum atomic E-state index is 0.759. The topological polar surface area (TPSA) is 53.9 Å². The van der Waals surface area contributed by atoms with Crippen LogP contribution in [0.3, 0.4) is 0 Å². The monoisotopic (exact) mass is 271 g/mol. The van der Waals surface area contributed by atoms with Crippen LogP contribution in [-0.4, -0.2) is 35.1 Å². The summed E-state index contributed by atoms with van der Waals surface area (Å²) in [4.78, 5) is 15.0. The first-order valence-electron chi connectivity index (χ1n) is 6.91. The lowest BCUT2D eigenvalue weighted by atomic mass is 10.2. The Bertz CT molecular complexity index is 515. The summed E-state index contributed by atoms with van der Waals surface area (Å²) in [6.45, 7) is 4.68. The van der Waals surface area contributed by atoms with Gasteiger partial charge in [-0.15, -0.1) is 0 Å². The number of aromatic nitrogens is 3. The number of anilines is 1. The average molecular weight is 271 g/mol. The molecule has 0 saturated heterocycles. The summed E-state index contributed by atoms with van der Waals surface area (Å²) >= 11 is 0. The van der Waals surface area contributed by atoms with Crippen molar-refractivity contribution in [1.82, 2.24) is 20.3 Å². The first-order valence-corrected chi connectivity index (χ1v) is 6.91. The van der Waals surface area contributed by atoms with Crippen molar-refractivity contribution in [3.8, 4) is 0 Å². The van der Waals surface area contributed by atoms with Crippen molar-refractivity contribution in [3.05, 3.63) is 48.2 Å². The normalized spacial score (nSPS) is 10.5. The van der Waals surface area contributed by atoms with E-state index in [1.165, 1.54) is 5.56 Å². The van der Waals surface area contributed by atoms with Gasteiger partial charge < -0.3 is 10.2 Å². The third kappa shape index (κ3) is 4.28. The summed E-state index contributed by atoms with van der Waals surface area (Å²) in [5.74, 6) is 0.912. The zero-order valence-electron chi connectivity index (χ0n) is 12.1. The van der Waals surface area contributed by atoms with Crippen LogP contribution >= 0.6 is 0 Å². The largest absolute Gasteiger partial charge is 0.358 e. The van der Waals surface area contributed by atoms with Crippen LogP contribution in [0.2, 0.25) is 0 Å². The third-order valence-electron chi connectivity index (χ3n) is 3.10. The maximum Gasteiger partial charge on any atom is 0.147 e. The van der Waals surface area contributed by atoms with Crippen LogP contribution in [0.1, 0.15) is 18.2 Å². The highest BCUT2D eigenvalue weighted by Crippen LogP contribution is 2.09. The molecule has 0 saturated carbocycles. The number of hydrogen-bond donors (Lipinski definition) is 1. The quantitative estimate of drug-likeness (QED) is 0.830. The first kappa shape index (κ1) is 14.4. The fourth-order valence-electron chi connectivity index (χ4n) is 1.88.